The third kappa shape index (κ3) is 4.54. The first-order valence-electron chi connectivity index (χ1n) is 6.59. The van der Waals surface area contributed by atoms with Crippen molar-refractivity contribution in [3.05, 3.63) is 23.8 Å². The van der Waals surface area contributed by atoms with Crippen molar-refractivity contribution >= 4 is 30.0 Å². The predicted octanol–water partition coefficient (Wildman–Crippen LogP) is 0.0872. The molecular weight excluding hydrogens is 286 g/mol. The van der Waals surface area contributed by atoms with Crippen molar-refractivity contribution in [1.29, 1.82) is 5.41 Å². The van der Waals surface area contributed by atoms with E-state index in [1.165, 1.54) is 12.4 Å². The summed E-state index contributed by atoms with van der Waals surface area (Å²) in [5.74, 6) is -0.332. The predicted molar refractivity (Wildman–Crippen MR) is 83.9 cm³/mol. The van der Waals surface area contributed by atoms with E-state index in [-0.39, 0.29) is 11.5 Å². The molecule has 0 radical (unpaired) electrons. The van der Waals surface area contributed by atoms with E-state index in [1.807, 2.05) is 6.92 Å². The van der Waals surface area contributed by atoms with E-state index in [9.17, 15) is 9.59 Å². The summed E-state index contributed by atoms with van der Waals surface area (Å²) in [6, 6.07) is -0.406. The van der Waals surface area contributed by atoms with Crippen LogP contribution in [0.25, 0.3) is 0 Å². The van der Waals surface area contributed by atoms with Gasteiger partial charge in [-0.1, -0.05) is 6.92 Å². The first kappa shape index (κ1) is 17.1. The van der Waals surface area contributed by atoms with Crippen molar-refractivity contribution in [1.82, 2.24) is 15.3 Å². The van der Waals surface area contributed by atoms with Crippen LogP contribution in [0.5, 0.6) is 0 Å². The Labute approximate surface area is 127 Å². The number of allylic oxidation sites excluding steroid dienone is 1. The monoisotopic (exact) mass is 305 g/mol. The zero-order chi connectivity index (χ0) is 16.5. The number of anilines is 2. The third-order valence-electron chi connectivity index (χ3n) is 2.66. The number of nitrogens with one attached hydrogen (secondary N) is 4. The van der Waals surface area contributed by atoms with Crippen LogP contribution in [-0.2, 0) is 4.79 Å². The molecule has 0 saturated carbocycles. The number of carbonyl (C=O) groups excluding carboxylic acids is 2. The number of aromatic nitrogens is 2. The summed E-state index contributed by atoms with van der Waals surface area (Å²) in [5.41, 5.74) is 5.56. The first-order chi connectivity index (χ1) is 10.5. The van der Waals surface area contributed by atoms with Gasteiger partial charge in [0.15, 0.2) is 11.5 Å². The Kier molecular flexibility index (Phi) is 6.48. The standard InChI is InChI=1S/C13H19N7O2/c1-3-8(7-21)18-10-6-17-11(12(15)22)13(20-10)19-9(4-14)5-16-2/h4-8,14,16H,3H2,1-2H3,(H2,15,22)(H2,18,19,20)/b9-5+,14-4?. The number of aldehydes is 1. The lowest BCUT2D eigenvalue weighted by Crippen LogP contribution is -2.23. The van der Waals surface area contributed by atoms with Gasteiger partial charge in [-0.2, -0.15) is 0 Å². The fraction of sp³-hybridized carbons (Fsp3) is 0.308. The average molecular weight is 305 g/mol. The highest BCUT2D eigenvalue weighted by atomic mass is 16.1. The van der Waals surface area contributed by atoms with E-state index >= 15 is 0 Å². The normalized spacial score (nSPS) is 12.2. The molecule has 0 aliphatic heterocycles. The Morgan fingerprint density at radius 2 is 2.27 bits per heavy atom. The highest BCUT2D eigenvalue weighted by molar-refractivity contribution is 5.97. The van der Waals surface area contributed by atoms with Gasteiger partial charge < -0.3 is 31.9 Å². The molecule has 1 heterocycles. The Morgan fingerprint density at radius 3 is 2.77 bits per heavy atom. The molecule has 1 unspecified atom stereocenters. The molecule has 1 rings (SSSR count). The number of hydrogen-bond donors (Lipinski definition) is 5. The molecule has 118 valence electrons. The molecule has 1 aromatic heterocycles. The molecule has 1 aromatic rings. The van der Waals surface area contributed by atoms with Crippen molar-refractivity contribution in [2.24, 2.45) is 5.73 Å². The molecule has 9 nitrogen and oxygen atoms in total. The number of primary amides is 1. The molecule has 9 heteroatoms. The van der Waals surface area contributed by atoms with Crippen LogP contribution in [0.2, 0.25) is 0 Å². The van der Waals surface area contributed by atoms with Crippen molar-refractivity contribution in [2.45, 2.75) is 19.4 Å². The van der Waals surface area contributed by atoms with Gasteiger partial charge in [0.2, 0.25) is 0 Å². The number of nitrogens with two attached hydrogens (primary N) is 1. The van der Waals surface area contributed by atoms with Crippen molar-refractivity contribution < 1.29 is 9.59 Å². The zero-order valence-electron chi connectivity index (χ0n) is 12.4. The Bertz CT molecular complexity index is 586. The summed E-state index contributed by atoms with van der Waals surface area (Å²) < 4.78 is 0. The van der Waals surface area contributed by atoms with E-state index in [4.69, 9.17) is 11.1 Å². The van der Waals surface area contributed by atoms with Crippen LogP contribution in [0.4, 0.5) is 11.6 Å². The summed E-state index contributed by atoms with van der Waals surface area (Å²) in [6.45, 7) is 1.85. The van der Waals surface area contributed by atoms with E-state index in [2.05, 4.69) is 25.9 Å². The SMILES string of the molecule is CCC(C=O)Nc1cnc(C(N)=O)c(N/C(C=N)=C/NC)n1. The van der Waals surface area contributed by atoms with E-state index in [1.54, 1.807) is 7.05 Å². The second-order valence-electron chi connectivity index (χ2n) is 4.27. The van der Waals surface area contributed by atoms with Crippen molar-refractivity contribution in [3.63, 3.8) is 0 Å². The fourth-order valence-corrected chi connectivity index (χ4v) is 1.55. The summed E-state index contributed by atoms with van der Waals surface area (Å²) in [6.07, 6.45) is 5.23. The van der Waals surface area contributed by atoms with E-state index < -0.39 is 11.9 Å². The molecule has 0 aromatic carbocycles. The minimum absolute atomic E-state index is 0.0615. The van der Waals surface area contributed by atoms with Gasteiger partial charge in [0.05, 0.1) is 17.9 Å². The molecule has 1 amide bonds. The van der Waals surface area contributed by atoms with Gasteiger partial charge in [0, 0.05) is 19.5 Å². The van der Waals surface area contributed by atoms with Crippen LogP contribution < -0.4 is 21.7 Å². The minimum atomic E-state index is -0.752. The Hall–Kier alpha value is -2.97. The molecule has 0 saturated heterocycles. The maximum absolute atomic E-state index is 11.4. The third-order valence-corrected chi connectivity index (χ3v) is 2.66. The number of nitrogens with zero attached hydrogens (tertiary/aromatic N) is 2. The number of carbonyl (C=O) groups is 2. The molecule has 0 fully saturated rings. The van der Waals surface area contributed by atoms with Gasteiger partial charge in [-0.25, -0.2) is 9.97 Å². The van der Waals surface area contributed by atoms with Crippen LogP contribution in [0, 0.1) is 5.41 Å². The molecule has 0 aliphatic rings. The van der Waals surface area contributed by atoms with Crippen molar-refractivity contribution in [2.75, 3.05) is 17.7 Å². The van der Waals surface area contributed by atoms with Gasteiger partial charge in [0.1, 0.15) is 12.1 Å². The highest BCUT2D eigenvalue weighted by Crippen LogP contribution is 2.15. The van der Waals surface area contributed by atoms with Gasteiger partial charge in [-0.3, -0.25) is 4.79 Å². The number of hydrogen-bond acceptors (Lipinski definition) is 8. The highest BCUT2D eigenvalue weighted by Gasteiger charge is 2.15. The zero-order valence-corrected chi connectivity index (χ0v) is 12.4. The average Bonchev–Trinajstić information content (AvgIpc) is 2.52. The number of rotatable bonds is 9. The topological polar surface area (TPSA) is 146 Å². The Morgan fingerprint density at radius 1 is 1.55 bits per heavy atom. The smallest absolute Gasteiger partial charge is 0.271 e. The second-order valence-corrected chi connectivity index (χ2v) is 4.27. The van der Waals surface area contributed by atoms with Gasteiger partial charge in [-0.05, 0) is 6.42 Å². The van der Waals surface area contributed by atoms with Gasteiger partial charge >= 0.3 is 0 Å². The molecule has 6 N–H and O–H groups in total. The summed E-state index contributed by atoms with van der Waals surface area (Å²) in [7, 11) is 1.67. The fourth-order valence-electron chi connectivity index (χ4n) is 1.55. The molecule has 0 spiro atoms. The molecule has 0 bridgehead atoms. The van der Waals surface area contributed by atoms with Gasteiger partial charge in [0.25, 0.3) is 5.91 Å². The minimum Gasteiger partial charge on any atom is -0.392 e. The first-order valence-corrected chi connectivity index (χ1v) is 6.59. The Balaban J connectivity index is 3.14. The van der Waals surface area contributed by atoms with Crippen LogP contribution in [0.3, 0.4) is 0 Å². The summed E-state index contributed by atoms with van der Waals surface area (Å²) >= 11 is 0. The second kappa shape index (κ2) is 8.35. The van der Waals surface area contributed by atoms with Crippen LogP contribution in [0.15, 0.2) is 18.1 Å². The lowest BCUT2D eigenvalue weighted by Gasteiger charge is -2.14. The van der Waals surface area contributed by atoms with Crippen LogP contribution >= 0.6 is 0 Å². The quantitative estimate of drug-likeness (QED) is 0.321. The van der Waals surface area contributed by atoms with Crippen LogP contribution in [0.1, 0.15) is 23.8 Å². The van der Waals surface area contributed by atoms with Gasteiger partial charge in [-0.15, -0.1) is 0 Å². The molecule has 22 heavy (non-hydrogen) atoms. The summed E-state index contributed by atoms with van der Waals surface area (Å²) in [5, 5.41) is 15.7. The van der Waals surface area contributed by atoms with Crippen LogP contribution in [-0.4, -0.2) is 41.5 Å². The molecule has 0 aliphatic carbocycles. The van der Waals surface area contributed by atoms with Crippen molar-refractivity contribution in [3.8, 4) is 0 Å². The largest absolute Gasteiger partial charge is 0.392 e. The lowest BCUT2D eigenvalue weighted by atomic mass is 10.2. The van der Waals surface area contributed by atoms with E-state index in [0.717, 1.165) is 12.5 Å². The molecular formula is C13H19N7O2. The number of amides is 1. The maximum Gasteiger partial charge on any atom is 0.271 e. The molecule has 1 atom stereocenters. The van der Waals surface area contributed by atoms with E-state index in [0.29, 0.717) is 17.9 Å². The summed E-state index contributed by atoms with van der Waals surface area (Å²) in [4.78, 5) is 30.4. The maximum atomic E-state index is 11.4. The lowest BCUT2D eigenvalue weighted by molar-refractivity contribution is -0.108.